The lowest BCUT2D eigenvalue weighted by molar-refractivity contribution is 0.0356. The molecule has 1 amide bonds. The Kier molecular flexibility index (Phi) is 5.31. The first kappa shape index (κ1) is 16.7. The van der Waals surface area contributed by atoms with E-state index in [1.54, 1.807) is 0 Å². The number of hydrogen-bond acceptors (Lipinski definition) is 2. The lowest BCUT2D eigenvalue weighted by Crippen LogP contribution is -2.26. The Balaban J connectivity index is 1.35. The molecule has 0 aliphatic heterocycles. The second-order valence-electron chi connectivity index (χ2n) is 6.65. The van der Waals surface area contributed by atoms with Crippen molar-refractivity contribution in [3.8, 4) is 0 Å². The minimum atomic E-state index is -0.0145. The fourth-order valence-electron chi connectivity index (χ4n) is 2.98. The van der Waals surface area contributed by atoms with Gasteiger partial charge in [-0.3, -0.25) is 4.79 Å². The van der Waals surface area contributed by atoms with Gasteiger partial charge in [0, 0.05) is 25.1 Å². The van der Waals surface area contributed by atoms with E-state index in [1.165, 1.54) is 16.7 Å². The maximum atomic E-state index is 12.1. The maximum Gasteiger partial charge on any atom is 0.251 e. The highest BCUT2D eigenvalue weighted by molar-refractivity contribution is 5.94. The molecule has 24 heavy (non-hydrogen) atoms. The van der Waals surface area contributed by atoms with Crippen LogP contribution in [0, 0.1) is 0 Å². The smallest absolute Gasteiger partial charge is 0.251 e. The van der Waals surface area contributed by atoms with Crippen LogP contribution in [0.15, 0.2) is 48.5 Å². The minimum Gasteiger partial charge on any atom is -0.373 e. The topological polar surface area (TPSA) is 38.3 Å². The van der Waals surface area contributed by atoms with Gasteiger partial charge in [0.2, 0.25) is 0 Å². The van der Waals surface area contributed by atoms with Gasteiger partial charge < -0.3 is 10.1 Å². The zero-order valence-corrected chi connectivity index (χ0v) is 14.4. The van der Waals surface area contributed by atoms with Crippen LogP contribution in [-0.4, -0.2) is 19.1 Å². The number of carbonyl (C=O) groups excluding carboxylic acids is 1. The van der Waals surface area contributed by atoms with Crippen molar-refractivity contribution in [1.82, 2.24) is 5.32 Å². The normalized spacial score (nSPS) is 15.7. The molecule has 0 saturated carbocycles. The van der Waals surface area contributed by atoms with Crippen molar-refractivity contribution < 1.29 is 9.53 Å². The second-order valence-corrected chi connectivity index (χ2v) is 6.65. The van der Waals surface area contributed by atoms with Crippen LogP contribution in [0.5, 0.6) is 0 Å². The minimum absolute atomic E-state index is 0.0145. The van der Waals surface area contributed by atoms with E-state index < -0.39 is 0 Å². The van der Waals surface area contributed by atoms with Crippen molar-refractivity contribution >= 4 is 5.91 Å². The van der Waals surface area contributed by atoms with Crippen LogP contribution in [0.3, 0.4) is 0 Å². The quantitative estimate of drug-likeness (QED) is 0.774. The van der Waals surface area contributed by atoms with Crippen molar-refractivity contribution in [3.05, 3.63) is 70.8 Å². The molecule has 1 unspecified atom stereocenters. The average Bonchev–Trinajstić information content (AvgIpc) is 2.58. The summed E-state index contributed by atoms with van der Waals surface area (Å²) in [5.41, 5.74) is 4.67. The highest BCUT2D eigenvalue weighted by Crippen LogP contribution is 2.35. The van der Waals surface area contributed by atoms with E-state index in [9.17, 15) is 4.79 Å². The van der Waals surface area contributed by atoms with Gasteiger partial charge in [0.15, 0.2) is 0 Å². The predicted octanol–water partition coefficient (Wildman–Crippen LogP) is 4.24. The molecule has 0 bridgehead atoms. The van der Waals surface area contributed by atoms with Gasteiger partial charge in [-0.2, -0.15) is 0 Å². The number of rotatable bonds is 7. The summed E-state index contributed by atoms with van der Waals surface area (Å²) in [5.74, 6) is 0.468. The number of amides is 1. The molecule has 0 radical (unpaired) electrons. The molecule has 1 aliphatic carbocycles. The summed E-state index contributed by atoms with van der Waals surface area (Å²) in [6.07, 6.45) is 2.07. The van der Waals surface area contributed by atoms with E-state index >= 15 is 0 Å². The first-order chi connectivity index (χ1) is 11.6. The molecule has 0 aromatic heterocycles. The Morgan fingerprint density at radius 1 is 1.17 bits per heavy atom. The lowest BCUT2D eigenvalue weighted by Gasteiger charge is -2.29. The summed E-state index contributed by atoms with van der Waals surface area (Å²) in [4.78, 5) is 12.1. The molecular weight excluding hydrogens is 298 g/mol. The third-order valence-corrected chi connectivity index (χ3v) is 4.57. The van der Waals surface area contributed by atoms with E-state index in [0.29, 0.717) is 24.6 Å². The van der Waals surface area contributed by atoms with Crippen molar-refractivity contribution in [3.63, 3.8) is 0 Å². The average molecular weight is 323 g/mol. The molecule has 0 spiro atoms. The van der Waals surface area contributed by atoms with Crippen molar-refractivity contribution in [2.45, 2.75) is 38.7 Å². The number of fused-ring (bicyclic) bond motifs is 1. The van der Waals surface area contributed by atoms with E-state index in [2.05, 4.69) is 43.4 Å². The van der Waals surface area contributed by atoms with Crippen LogP contribution in [0.2, 0.25) is 0 Å². The van der Waals surface area contributed by atoms with Crippen molar-refractivity contribution in [1.29, 1.82) is 0 Å². The van der Waals surface area contributed by atoms with E-state index in [4.69, 9.17) is 4.74 Å². The summed E-state index contributed by atoms with van der Waals surface area (Å²) in [6, 6.07) is 16.2. The standard InChI is InChI=1S/C21H25NO2/c1-15(2)16-8-10-17(11-9-16)21(23)22-12-5-13-24-20-14-18-6-3-4-7-19(18)20/h3-4,6-11,15,20H,5,12-14H2,1-2H3,(H,22,23). The molecule has 1 aliphatic rings. The molecule has 1 N–H and O–H groups in total. The van der Waals surface area contributed by atoms with Crippen molar-refractivity contribution in [2.24, 2.45) is 0 Å². The highest BCUT2D eigenvalue weighted by Gasteiger charge is 2.25. The third-order valence-electron chi connectivity index (χ3n) is 4.57. The summed E-state index contributed by atoms with van der Waals surface area (Å²) >= 11 is 0. The van der Waals surface area contributed by atoms with Gasteiger partial charge in [0.25, 0.3) is 5.91 Å². The number of nitrogens with one attached hydrogen (secondary N) is 1. The largest absolute Gasteiger partial charge is 0.373 e. The number of hydrogen-bond donors (Lipinski definition) is 1. The zero-order chi connectivity index (χ0) is 16.9. The van der Waals surface area contributed by atoms with E-state index in [0.717, 1.165) is 12.8 Å². The predicted molar refractivity (Wildman–Crippen MR) is 96.3 cm³/mol. The zero-order valence-electron chi connectivity index (χ0n) is 14.4. The maximum absolute atomic E-state index is 12.1. The Morgan fingerprint density at radius 3 is 2.62 bits per heavy atom. The second kappa shape index (κ2) is 7.63. The molecule has 0 saturated heterocycles. The van der Waals surface area contributed by atoms with E-state index in [1.807, 2.05) is 24.3 Å². The number of carbonyl (C=O) groups is 1. The van der Waals surface area contributed by atoms with Gasteiger partial charge in [-0.1, -0.05) is 50.2 Å². The summed E-state index contributed by atoms with van der Waals surface area (Å²) in [5, 5.41) is 2.96. The van der Waals surface area contributed by atoms with Gasteiger partial charge in [-0.15, -0.1) is 0 Å². The molecule has 3 nitrogen and oxygen atoms in total. The fourth-order valence-corrected chi connectivity index (χ4v) is 2.98. The SMILES string of the molecule is CC(C)c1ccc(C(=O)NCCCOC2Cc3ccccc32)cc1. The van der Waals surface area contributed by atoms with Crippen molar-refractivity contribution in [2.75, 3.05) is 13.2 Å². The van der Waals surface area contributed by atoms with Crippen LogP contribution in [0.25, 0.3) is 0 Å². The first-order valence-electron chi connectivity index (χ1n) is 8.72. The molecule has 2 aromatic rings. The molecule has 0 fully saturated rings. The van der Waals surface area contributed by atoms with Gasteiger partial charge in [0.1, 0.15) is 0 Å². The van der Waals surface area contributed by atoms with Crippen LogP contribution < -0.4 is 5.32 Å². The summed E-state index contributed by atoms with van der Waals surface area (Å²) in [6.45, 7) is 5.61. The molecule has 2 aromatic carbocycles. The Morgan fingerprint density at radius 2 is 1.92 bits per heavy atom. The molecule has 0 heterocycles. The van der Waals surface area contributed by atoms with Crippen LogP contribution in [-0.2, 0) is 11.2 Å². The fraction of sp³-hybridized carbons (Fsp3) is 0.381. The van der Waals surface area contributed by atoms with Crippen LogP contribution in [0.4, 0.5) is 0 Å². The van der Waals surface area contributed by atoms with E-state index in [-0.39, 0.29) is 12.0 Å². The Bertz CT molecular complexity index is 691. The monoisotopic (exact) mass is 323 g/mol. The Labute approximate surface area is 144 Å². The number of ether oxygens (including phenoxy) is 1. The molecular formula is C21H25NO2. The van der Waals surface area contributed by atoms with Crippen LogP contribution >= 0.6 is 0 Å². The molecule has 3 heteroatoms. The van der Waals surface area contributed by atoms with Gasteiger partial charge in [-0.05, 0) is 41.2 Å². The third kappa shape index (κ3) is 3.85. The lowest BCUT2D eigenvalue weighted by atomic mass is 9.85. The van der Waals surface area contributed by atoms with Gasteiger partial charge >= 0.3 is 0 Å². The first-order valence-corrected chi connectivity index (χ1v) is 8.72. The highest BCUT2D eigenvalue weighted by atomic mass is 16.5. The summed E-state index contributed by atoms with van der Waals surface area (Å²) < 4.78 is 5.88. The number of benzene rings is 2. The summed E-state index contributed by atoms with van der Waals surface area (Å²) in [7, 11) is 0. The van der Waals surface area contributed by atoms with Crippen LogP contribution in [0.1, 0.15) is 59.3 Å². The van der Waals surface area contributed by atoms with Gasteiger partial charge in [0.05, 0.1) is 6.10 Å². The molecule has 3 rings (SSSR count). The van der Waals surface area contributed by atoms with Gasteiger partial charge in [-0.25, -0.2) is 0 Å². The molecule has 126 valence electrons. The Hall–Kier alpha value is -2.13. The molecule has 1 atom stereocenters.